The zero-order valence-electron chi connectivity index (χ0n) is 26.0. The number of rotatable bonds is 11. The number of hydrogen-bond donors (Lipinski definition) is 1. The molecule has 5 fully saturated rings. The fourth-order valence-electron chi connectivity index (χ4n) is 8.50. The van der Waals surface area contributed by atoms with Crippen molar-refractivity contribution in [2.45, 2.75) is 63.0 Å². The minimum atomic E-state index is -3.47. The predicted molar refractivity (Wildman–Crippen MR) is 168 cm³/mol. The van der Waals surface area contributed by atoms with E-state index in [9.17, 15) is 18.0 Å². The molecule has 44 heavy (non-hydrogen) atoms. The molecule has 1 N–H and O–H groups in total. The normalized spacial score (nSPS) is 26.6. The summed E-state index contributed by atoms with van der Waals surface area (Å²) in [5.41, 5.74) is 2.14. The summed E-state index contributed by atoms with van der Waals surface area (Å²) in [5, 5.41) is 2.96. The van der Waals surface area contributed by atoms with Crippen molar-refractivity contribution in [2.75, 3.05) is 46.8 Å². The summed E-state index contributed by atoms with van der Waals surface area (Å²) in [6, 6.07) is 14.7. The van der Waals surface area contributed by atoms with E-state index in [2.05, 4.69) is 16.3 Å². The van der Waals surface area contributed by atoms with Gasteiger partial charge in [0, 0.05) is 58.8 Å². The topological polar surface area (TPSA) is 99.3 Å². The molecule has 0 atom stereocenters. The predicted octanol–water partition coefficient (Wildman–Crippen LogP) is 3.88. The van der Waals surface area contributed by atoms with Crippen LogP contribution in [0.3, 0.4) is 0 Å². The molecule has 1 heterocycles. The van der Waals surface area contributed by atoms with Crippen LogP contribution in [0, 0.1) is 23.2 Å². The van der Waals surface area contributed by atoms with Crippen molar-refractivity contribution >= 4 is 21.8 Å². The number of sulfonamides is 1. The Balaban J connectivity index is 0.943. The van der Waals surface area contributed by atoms with Crippen LogP contribution in [0.2, 0.25) is 0 Å². The SMILES string of the molecule is CN(C)S(=O)(=O)c1ccc(COc2ccccc2CN2CCN(C(=O)CNC(=O)CC34CC5CC(CC(C5)C3)C4)CC2)cc1. The average molecular weight is 623 g/mol. The number of amides is 2. The van der Waals surface area contributed by atoms with Gasteiger partial charge >= 0.3 is 0 Å². The lowest BCUT2D eigenvalue weighted by Crippen LogP contribution is -2.51. The van der Waals surface area contributed by atoms with E-state index in [-0.39, 0.29) is 28.7 Å². The van der Waals surface area contributed by atoms with E-state index in [1.807, 2.05) is 23.1 Å². The highest BCUT2D eigenvalue weighted by Crippen LogP contribution is 2.61. The van der Waals surface area contributed by atoms with Gasteiger partial charge < -0.3 is 15.0 Å². The number of carbonyl (C=O) groups excluding carboxylic acids is 2. The van der Waals surface area contributed by atoms with Crippen LogP contribution >= 0.6 is 0 Å². The Bertz CT molecular complexity index is 1410. The Kier molecular flexibility index (Phi) is 9.04. The Morgan fingerprint density at radius 3 is 2.14 bits per heavy atom. The average Bonchev–Trinajstić information content (AvgIpc) is 2.99. The van der Waals surface area contributed by atoms with E-state index in [0.29, 0.717) is 32.7 Å². The highest BCUT2D eigenvalue weighted by atomic mass is 32.2. The maximum Gasteiger partial charge on any atom is 0.242 e. The van der Waals surface area contributed by atoms with E-state index >= 15 is 0 Å². The molecule has 0 aromatic heterocycles. The van der Waals surface area contributed by atoms with Gasteiger partial charge in [0.25, 0.3) is 0 Å². The molecular formula is C34H46N4O5S. The van der Waals surface area contributed by atoms with Crippen LogP contribution in [-0.2, 0) is 32.8 Å². The van der Waals surface area contributed by atoms with Crippen LogP contribution in [0.15, 0.2) is 53.4 Å². The molecule has 2 aromatic rings. The fourth-order valence-corrected chi connectivity index (χ4v) is 9.40. The molecule has 2 aromatic carbocycles. The second-order valence-electron chi connectivity index (χ2n) is 13.9. The maximum atomic E-state index is 13.0. The summed E-state index contributed by atoms with van der Waals surface area (Å²) in [4.78, 5) is 30.3. The Morgan fingerprint density at radius 1 is 0.909 bits per heavy atom. The quantitative estimate of drug-likeness (QED) is 0.409. The van der Waals surface area contributed by atoms with Gasteiger partial charge in [-0.1, -0.05) is 30.3 Å². The van der Waals surface area contributed by atoms with Crippen molar-refractivity contribution in [3.8, 4) is 5.75 Å². The minimum absolute atomic E-state index is 0.00311. The lowest BCUT2D eigenvalue weighted by molar-refractivity contribution is -0.136. The van der Waals surface area contributed by atoms with Crippen LogP contribution in [0.25, 0.3) is 0 Å². The number of carbonyl (C=O) groups is 2. The lowest BCUT2D eigenvalue weighted by Gasteiger charge is -2.56. The van der Waals surface area contributed by atoms with E-state index in [1.54, 1.807) is 24.3 Å². The van der Waals surface area contributed by atoms with Crippen LogP contribution in [0.1, 0.15) is 56.1 Å². The van der Waals surface area contributed by atoms with Gasteiger partial charge in [-0.25, -0.2) is 12.7 Å². The Hall–Kier alpha value is -2.95. The van der Waals surface area contributed by atoms with Crippen molar-refractivity contribution in [1.82, 2.24) is 19.4 Å². The van der Waals surface area contributed by atoms with Crippen LogP contribution in [-0.4, -0.2) is 81.2 Å². The molecule has 10 heteroatoms. The van der Waals surface area contributed by atoms with Crippen molar-refractivity contribution < 1.29 is 22.7 Å². The van der Waals surface area contributed by atoms with Crippen molar-refractivity contribution in [1.29, 1.82) is 0 Å². The molecule has 7 rings (SSSR count). The summed E-state index contributed by atoms with van der Waals surface area (Å²) in [6.07, 6.45) is 8.29. The number of piperazine rings is 1. The van der Waals surface area contributed by atoms with Crippen LogP contribution < -0.4 is 10.1 Å². The molecule has 0 unspecified atom stereocenters. The standard InChI is InChI=1S/C34H46N4O5S/c1-36(2)44(41,42)30-9-7-25(8-10-30)24-43-31-6-4-3-5-29(31)23-37-11-13-38(14-12-37)33(40)22-35-32(39)21-34-18-26-15-27(19-34)17-28(16-26)20-34/h3-10,26-28H,11-24H2,1-2H3,(H,35,39). The molecular weight excluding hydrogens is 576 g/mol. The first kappa shape index (κ1) is 31.0. The molecule has 0 radical (unpaired) electrons. The van der Waals surface area contributed by atoms with E-state index < -0.39 is 10.0 Å². The van der Waals surface area contributed by atoms with Crippen LogP contribution in [0.5, 0.6) is 5.75 Å². The monoisotopic (exact) mass is 622 g/mol. The maximum absolute atomic E-state index is 13.0. The van der Waals surface area contributed by atoms with Crippen molar-refractivity contribution in [2.24, 2.45) is 23.2 Å². The molecule has 4 aliphatic carbocycles. The summed E-state index contributed by atoms with van der Waals surface area (Å²) in [6.45, 7) is 3.90. The lowest BCUT2D eigenvalue weighted by atomic mass is 9.49. The summed E-state index contributed by atoms with van der Waals surface area (Å²) in [7, 11) is -0.429. The second-order valence-corrected chi connectivity index (χ2v) is 16.0. The molecule has 0 spiro atoms. The van der Waals surface area contributed by atoms with E-state index in [1.165, 1.54) is 56.9 Å². The van der Waals surface area contributed by atoms with Gasteiger partial charge in [0.15, 0.2) is 0 Å². The van der Waals surface area contributed by atoms with Crippen molar-refractivity contribution in [3.63, 3.8) is 0 Å². The minimum Gasteiger partial charge on any atom is -0.489 e. The van der Waals surface area contributed by atoms with E-state index in [0.717, 1.165) is 47.7 Å². The number of para-hydroxylation sites is 1. The number of nitrogens with one attached hydrogen (secondary N) is 1. The number of ether oxygens (including phenoxy) is 1. The molecule has 4 bridgehead atoms. The third kappa shape index (κ3) is 6.97. The Labute approximate surface area is 262 Å². The zero-order valence-corrected chi connectivity index (χ0v) is 26.9. The third-order valence-corrected chi connectivity index (χ3v) is 12.2. The highest BCUT2D eigenvalue weighted by molar-refractivity contribution is 7.89. The van der Waals surface area contributed by atoms with Gasteiger partial charge in [-0.05, 0) is 85.5 Å². The molecule has 4 saturated carbocycles. The highest BCUT2D eigenvalue weighted by Gasteiger charge is 2.51. The van der Waals surface area contributed by atoms with Crippen molar-refractivity contribution in [3.05, 3.63) is 59.7 Å². The summed E-state index contributed by atoms with van der Waals surface area (Å²) in [5.74, 6) is 3.29. The molecule has 9 nitrogen and oxygen atoms in total. The molecule has 238 valence electrons. The van der Waals surface area contributed by atoms with Gasteiger partial charge in [-0.2, -0.15) is 0 Å². The first-order chi connectivity index (χ1) is 21.1. The first-order valence-electron chi connectivity index (χ1n) is 16.1. The summed E-state index contributed by atoms with van der Waals surface area (Å²) >= 11 is 0. The Morgan fingerprint density at radius 2 is 1.52 bits per heavy atom. The van der Waals surface area contributed by atoms with Gasteiger partial charge in [0.1, 0.15) is 12.4 Å². The second kappa shape index (κ2) is 12.8. The van der Waals surface area contributed by atoms with Gasteiger partial charge in [0.2, 0.25) is 21.8 Å². The van der Waals surface area contributed by atoms with Gasteiger partial charge in [0.05, 0.1) is 11.4 Å². The first-order valence-corrected chi connectivity index (χ1v) is 17.5. The number of benzene rings is 2. The third-order valence-electron chi connectivity index (χ3n) is 10.3. The molecule has 2 amide bonds. The number of hydrogen-bond acceptors (Lipinski definition) is 6. The summed E-state index contributed by atoms with van der Waals surface area (Å²) < 4.78 is 32.0. The fraction of sp³-hybridized carbons (Fsp3) is 0.588. The smallest absolute Gasteiger partial charge is 0.242 e. The van der Waals surface area contributed by atoms with Gasteiger partial charge in [-0.15, -0.1) is 0 Å². The molecule has 1 aliphatic heterocycles. The molecule has 1 saturated heterocycles. The van der Waals surface area contributed by atoms with E-state index in [4.69, 9.17) is 4.74 Å². The largest absolute Gasteiger partial charge is 0.489 e. The molecule has 5 aliphatic rings. The van der Waals surface area contributed by atoms with Crippen LogP contribution in [0.4, 0.5) is 0 Å². The van der Waals surface area contributed by atoms with Gasteiger partial charge in [-0.3, -0.25) is 14.5 Å². The zero-order chi connectivity index (χ0) is 30.9. The number of nitrogens with zero attached hydrogens (tertiary/aromatic N) is 3.